The number of amides is 8. The lowest BCUT2D eigenvalue weighted by molar-refractivity contribution is -0.158. The molecule has 4 bridgehead atoms. The molecule has 3 aromatic rings. The van der Waals surface area contributed by atoms with Crippen LogP contribution < -0.4 is 31.9 Å². The molecule has 2 fully saturated rings. The highest BCUT2D eigenvalue weighted by Crippen LogP contribution is 2.49. The number of nitrogens with two attached hydrogens (primary N) is 1. The molecule has 23 nitrogen and oxygen atoms in total. The minimum Gasteiger partial charge on any atom is -0.457 e. The lowest BCUT2D eigenvalue weighted by Gasteiger charge is -2.42. The van der Waals surface area contributed by atoms with Crippen molar-refractivity contribution in [2.24, 2.45) is 17.6 Å². The van der Waals surface area contributed by atoms with Crippen LogP contribution in [0.4, 0.5) is 15.3 Å². The number of carbonyl (C=O) groups excluding carboxylic acids is 9. The van der Waals surface area contributed by atoms with Crippen LogP contribution in [-0.4, -0.2) is 166 Å². The number of primary amides is 1. The number of fused-ring (bicyclic) bond motifs is 6. The van der Waals surface area contributed by atoms with Gasteiger partial charge in [-0.25, -0.2) is 14.4 Å². The van der Waals surface area contributed by atoms with Crippen LogP contribution in [0.2, 0.25) is 5.02 Å². The van der Waals surface area contributed by atoms with E-state index in [1.807, 2.05) is 45.9 Å². The summed E-state index contributed by atoms with van der Waals surface area (Å²) in [5.41, 5.74) is 6.06. The normalized spacial score (nSPS) is 24.7. The number of imide groups is 1. The van der Waals surface area contributed by atoms with Crippen molar-refractivity contribution in [3.8, 4) is 0 Å². The number of nitrogens with zero attached hydrogens (tertiary/aromatic N) is 4. The van der Waals surface area contributed by atoms with E-state index in [-0.39, 0.29) is 61.3 Å². The average molecular weight is 1270 g/mol. The zero-order chi connectivity index (χ0) is 65.2. The van der Waals surface area contributed by atoms with Gasteiger partial charge in [-0.15, -0.1) is 0 Å². The highest BCUT2D eigenvalue weighted by Gasteiger charge is 2.64. The lowest BCUT2D eigenvalue weighted by Crippen LogP contribution is -2.63. The van der Waals surface area contributed by atoms with Crippen molar-refractivity contribution in [3.63, 3.8) is 0 Å². The van der Waals surface area contributed by atoms with Gasteiger partial charge in [0.1, 0.15) is 36.0 Å². The molecule has 1 aromatic heterocycles. The Morgan fingerprint density at radius 1 is 1.00 bits per heavy atom. The number of ether oxygens (including phenoxy) is 4. The second-order valence-electron chi connectivity index (χ2n) is 24.0. The van der Waals surface area contributed by atoms with Crippen molar-refractivity contribution in [1.82, 2.24) is 36.1 Å². The minimum atomic E-state index is -1.89. The molecular weight excluding hydrogens is 1190 g/mol. The monoisotopic (exact) mass is 1270 g/mol. The first-order valence-corrected chi connectivity index (χ1v) is 30.7. The first-order chi connectivity index (χ1) is 42.0. The third-order valence-electron chi connectivity index (χ3n) is 16.9. The van der Waals surface area contributed by atoms with E-state index in [2.05, 4.69) is 21.3 Å². The number of Topliss-reactive ketones (excluding diaryl/α,β-unsaturated/α-hetero) is 1. The summed E-state index contributed by atoms with van der Waals surface area (Å²) in [6, 6.07) is 8.14. The molecule has 0 spiro atoms. The number of pyridine rings is 1. The molecule has 480 valence electrons. The van der Waals surface area contributed by atoms with Crippen LogP contribution >= 0.6 is 23.8 Å². The number of halogens is 1. The summed E-state index contributed by atoms with van der Waals surface area (Å²) in [6.07, 6.45) is 5.64. The van der Waals surface area contributed by atoms with Crippen molar-refractivity contribution < 1.29 is 67.2 Å². The Bertz CT molecular complexity index is 3320. The van der Waals surface area contributed by atoms with Gasteiger partial charge in [-0.2, -0.15) is 0 Å². The van der Waals surface area contributed by atoms with Crippen LogP contribution in [0.15, 0.2) is 78.4 Å². The first-order valence-electron chi connectivity index (χ1n) is 29.9. The maximum Gasteiger partial charge on any atom is 0.409 e. The Morgan fingerprint density at radius 3 is 2.40 bits per heavy atom. The molecule has 2 saturated heterocycles. The van der Waals surface area contributed by atoms with Gasteiger partial charge in [0.05, 0.1) is 46.2 Å². The third kappa shape index (κ3) is 17.2. The Balaban J connectivity index is 1.03. The molecule has 89 heavy (non-hydrogen) atoms. The molecule has 25 heteroatoms. The summed E-state index contributed by atoms with van der Waals surface area (Å²) in [5.74, 6) is -4.17. The van der Waals surface area contributed by atoms with E-state index < -0.39 is 95.6 Å². The molecule has 4 aliphatic heterocycles. The second kappa shape index (κ2) is 29.8. The van der Waals surface area contributed by atoms with Gasteiger partial charge in [0, 0.05) is 75.4 Å². The number of rotatable bonds is 22. The number of anilines is 1. The number of esters is 1. The Morgan fingerprint density at radius 2 is 1.72 bits per heavy atom. The van der Waals surface area contributed by atoms with Crippen LogP contribution in [0, 0.1) is 18.8 Å². The molecular formula is C64H82ClN9O14S. The van der Waals surface area contributed by atoms with E-state index in [9.17, 15) is 48.3 Å². The van der Waals surface area contributed by atoms with Crippen molar-refractivity contribution in [2.45, 2.75) is 167 Å². The smallest absolute Gasteiger partial charge is 0.409 e. The molecule has 2 aromatic carbocycles. The molecule has 8 amide bonds. The number of allylic oxidation sites excluding steroid dienone is 3. The summed E-state index contributed by atoms with van der Waals surface area (Å²) in [5, 5.41) is 23.9. The summed E-state index contributed by atoms with van der Waals surface area (Å²) < 4.78 is 24.1. The SMILES string of the molecule is CO[C@@H]1/C=C/C=C(\C)Cc2cc(C)c(Cl)c(c2)N(C)C(=O)C[C@H](OC(=O)[C@H](C)N(C)C(=O)c2ccc3nc(CC(=O)[C@H](CCCNC(N)=O)NC(=O)[C@@H](NC(=S)CCCCCN4C(=O)C=CC4=O)C(C)C)ccc3c2)[C@]2(C)O[C@H]2[C@H](C)[C@@H]2C[C@@]1(O)NC(=O)O2. The highest BCUT2D eigenvalue weighted by molar-refractivity contribution is 7.80. The number of nitrogens with one attached hydrogen (secondary N) is 4. The number of unbranched alkanes of at least 4 members (excludes halogenated alkanes) is 2. The number of thiocarbonyl (C=S) groups is 1. The fraction of sp³-hybridized carbons (Fsp3) is 0.516. The highest BCUT2D eigenvalue weighted by atomic mass is 35.5. The number of hydrogen-bond acceptors (Lipinski definition) is 16. The van der Waals surface area contributed by atoms with Gasteiger partial charge >= 0.3 is 18.1 Å². The zero-order valence-electron chi connectivity index (χ0n) is 52.0. The molecule has 4 aliphatic rings. The molecule has 0 unspecified atom stereocenters. The number of epoxide rings is 1. The van der Waals surface area contributed by atoms with E-state index in [0.717, 1.165) is 16.7 Å². The summed E-state index contributed by atoms with van der Waals surface area (Å²) >= 11 is 12.5. The number of aryl methyl sites for hydroxylation is 1. The number of benzene rings is 2. The molecule has 0 radical (unpaired) electrons. The number of aliphatic hydroxyl groups is 1. The summed E-state index contributed by atoms with van der Waals surface area (Å²) in [7, 11) is 4.44. The van der Waals surface area contributed by atoms with Gasteiger partial charge in [0.2, 0.25) is 11.8 Å². The predicted molar refractivity (Wildman–Crippen MR) is 336 cm³/mol. The largest absolute Gasteiger partial charge is 0.457 e. The van der Waals surface area contributed by atoms with E-state index in [1.54, 1.807) is 63.4 Å². The number of carbonyl (C=O) groups is 9. The standard InChI is InChI=1S/C64H82ClN9O14S/c1-35(2)56(70-51(89)19-12-11-13-27-74-52(76)24-25-53(74)77)58(79)69-45(17-15-26-67-61(66)82)47(75)32-43-22-20-41-31-42(21-23-44(41)68-43)59(80)72(8)39(6)60(81)87-50-33-54(78)73(9)46-30-40(29-37(4)55(46)65)28-36(3)16-14-18-49(85-10)64(84)34-48(86-62(83)71-64)38(5)57-63(50,7)88-57/h14,16,18,20-25,29-31,35,38-39,45,48-50,56-57,84H,11-13,15,17,19,26-28,32-34H2,1-10H3,(H,69,79)(H,70,89)(H,71,83)(H3,66,67,82)/b18-14+,36-16+/t38-,39+,45+,48+,49-,50+,56+,57+,63+,64+/m1/s1. The van der Waals surface area contributed by atoms with Crippen LogP contribution in [0.5, 0.6) is 0 Å². The quantitative estimate of drug-likeness (QED) is 0.0216. The summed E-state index contributed by atoms with van der Waals surface area (Å²) in [6.45, 7) is 12.9. The van der Waals surface area contributed by atoms with Gasteiger partial charge in [-0.1, -0.05) is 86.9 Å². The molecule has 7 N–H and O–H groups in total. The number of ketones is 1. The number of urea groups is 1. The average Bonchev–Trinajstić information content (AvgIpc) is 1.72. The fourth-order valence-electron chi connectivity index (χ4n) is 11.4. The van der Waals surface area contributed by atoms with Gasteiger partial charge in [0.25, 0.3) is 17.7 Å². The molecule has 0 aliphatic carbocycles. The van der Waals surface area contributed by atoms with Crippen molar-refractivity contribution in [1.29, 1.82) is 0 Å². The van der Waals surface area contributed by atoms with Gasteiger partial charge < -0.3 is 55.5 Å². The number of alkyl carbamates (subject to hydrolysis) is 1. The van der Waals surface area contributed by atoms with Crippen LogP contribution in [0.1, 0.15) is 120 Å². The van der Waals surface area contributed by atoms with Gasteiger partial charge in [-0.05, 0) is 114 Å². The van der Waals surface area contributed by atoms with Crippen LogP contribution in [0.3, 0.4) is 0 Å². The zero-order valence-corrected chi connectivity index (χ0v) is 53.6. The molecule has 0 saturated carbocycles. The number of hydrogen-bond donors (Lipinski definition) is 6. The number of methoxy groups -OCH3 is 1. The Labute approximate surface area is 528 Å². The van der Waals surface area contributed by atoms with E-state index in [0.29, 0.717) is 77.4 Å². The van der Waals surface area contributed by atoms with E-state index in [4.69, 9.17) is 53.5 Å². The molecule has 10 atom stereocenters. The predicted octanol–water partition coefficient (Wildman–Crippen LogP) is 6.15. The minimum absolute atomic E-state index is 0.107. The van der Waals surface area contributed by atoms with Crippen LogP contribution in [0.25, 0.3) is 10.9 Å². The van der Waals surface area contributed by atoms with E-state index >= 15 is 0 Å². The molecule has 7 rings (SSSR count). The Hall–Kier alpha value is -7.64. The molecule has 5 heterocycles. The maximum atomic E-state index is 14.5. The van der Waals surface area contributed by atoms with Gasteiger partial charge in [0.15, 0.2) is 11.5 Å². The number of aromatic nitrogens is 1. The maximum absolute atomic E-state index is 14.5. The van der Waals surface area contributed by atoms with Crippen molar-refractivity contribution in [3.05, 3.63) is 106 Å². The topological polar surface area (TPSA) is 311 Å². The third-order valence-corrected chi connectivity index (χ3v) is 17.7. The lowest BCUT2D eigenvalue weighted by atomic mass is 9.83. The van der Waals surface area contributed by atoms with Crippen molar-refractivity contribution >= 4 is 98.8 Å². The first kappa shape index (κ1) is 68.8. The Kier molecular flexibility index (Phi) is 23.0. The van der Waals surface area contributed by atoms with E-state index in [1.165, 1.54) is 47.9 Å². The van der Waals surface area contributed by atoms with Crippen molar-refractivity contribution in [2.75, 3.05) is 39.2 Å². The summed E-state index contributed by atoms with van der Waals surface area (Å²) in [4.78, 5) is 129. The van der Waals surface area contributed by atoms with Crippen LogP contribution in [-0.2, 0) is 60.6 Å². The second-order valence-corrected chi connectivity index (χ2v) is 24.9. The fourth-order valence-corrected chi connectivity index (χ4v) is 11.9. The number of likely N-dealkylation sites (N-methyl/N-ethyl adjacent to an activating group) is 1. The van der Waals surface area contributed by atoms with Gasteiger partial charge in [-0.3, -0.25) is 44.0 Å².